The number of aliphatic hydroxyl groups is 2. The number of fused-ring (bicyclic) bond motifs is 4. The highest BCUT2D eigenvalue weighted by atomic mass is 16.6. The summed E-state index contributed by atoms with van der Waals surface area (Å²) >= 11 is 0. The fourth-order valence-corrected chi connectivity index (χ4v) is 13.2. The molecule has 0 spiro atoms. The first kappa shape index (κ1) is 110. The van der Waals surface area contributed by atoms with Crippen molar-refractivity contribution < 1.29 is 97.5 Å². The maximum Gasteiger partial charge on any atom is 0.337 e. The van der Waals surface area contributed by atoms with Crippen molar-refractivity contribution >= 4 is 71.9 Å². The Morgan fingerprint density at radius 2 is 0.858 bits per heavy atom. The average Bonchev–Trinajstić information content (AvgIpc) is 1.66. The number of allylic oxidation sites excluding steroid dienone is 7. The van der Waals surface area contributed by atoms with Crippen molar-refractivity contribution in [3.8, 4) is 0 Å². The predicted molar refractivity (Wildman–Crippen MR) is 488 cm³/mol. The number of H-pyrrole nitrogens is 3. The average molecular weight is 1760 g/mol. The largest absolute Gasteiger partial charge is 0.481 e. The molecule has 1 amide bonds. The van der Waals surface area contributed by atoms with E-state index in [2.05, 4.69) is 99.7 Å². The lowest BCUT2D eigenvalue weighted by molar-refractivity contribution is -0.143. The standard InChI is InChI=1S/C15H17NO5.C11H12O2.C10H16O4.C10H10O2.3C8H10N2O.C8H12O4.C8H14O2.C8H12O.C3H6/c1-2-3-10-4-6-11(7-5-10)14(19)16-12(15(20)21)8-9-13(17)18;1-3-4-9-5-7-10(8-6-9)11(12)13-2;1-4-8(7-10(12)14-3)5-6-9(11)13-2;1-3-8-4-6-9(7-5-8)10(11)12-2;3*1-5-9-7-4-2-3-6(7)8(11)10-5;1-2-6(5-8(11)12)3-4-7(9)10;1-2-6-3-4-7(9)8(10)5-6;1-2-6-3-4-7-8(5-6)9-7;1-3-2/h2-7,12H,8-9H2,1H3,(H,16,19)(H,17,18)(H,20,21);3-8H,1-2H3;4,8H,1,5-7H2,2-3H3;3-7H,1H2,2H3;3*2-4H2,1H3,(H,9,10,11);2,6H,1,3-5H2,(H,9,10)(H,11,12);2,6-10H,1,3-5H2;2,6-8H,1,3-5H2;3H,1H2,2H3/t12-;;;;;;;;;;/m0........../s1. The van der Waals surface area contributed by atoms with Crippen LogP contribution in [-0.4, -0.2) is 173 Å². The monoisotopic (exact) mass is 1760 g/mol. The van der Waals surface area contributed by atoms with Crippen LogP contribution in [0.1, 0.15) is 229 Å². The molecular weight excluding hydrogens is 1630 g/mol. The molecule has 30 nitrogen and oxygen atoms in total. The minimum atomic E-state index is -1.25. The van der Waals surface area contributed by atoms with Crippen LogP contribution in [0.5, 0.6) is 0 Å². The molecule has 127 heavy (non-hydrogen) atoms. The molecule has 5 aliphatic carbocycles. The van der Waals surface area contributed by atoms with Crippen LogP contribution in [0.3, 0.4) is 0 Å². The van der Waals surface area contributed by atoms with Gasteiger partial charge in [0, 0.05) is 41.5 Å². The summed E-state index contributed by atoms with van der Waals surface area (Å²) in [6, 6.07) is 19.8. The number of epoxide rings is 1. The van der Waals surface area contributed by atoms with Gasteiger partial charge >= 0.3 is 47.8 Å². The number of ether oxygens (including phenoxy) is 5. The number of carbonyl (C=O) groups is 9. The highest BCUT2D eigenvalue weighted by Gasteiger charge is 2.43. The van der Waals surface area contributed by atoms with E-state index in [9.17, 15) is 62.6 Å². The van der Waals surface area contributed by atoms with Crippen molar-refractivity contribution in [3.05, 3.63) is 270 Å². The molecule has 6 aliphatic rings. The molecule has 6 aromatic rings. The summed E-state index contributed by atoms with van der Waals surface area (Å²) in [7, 11) is 5.42. The maximum atomic E-state index is 11.9. The zero-order valence-electron chi connectivity index (χ0n) is 74.9. The number of esters is 4. The van der Waals surface area contributed by atoms with Gasteiger partial charge in [0.15, 0.2) is 0 Å². The van der Waals surface area contributed by atoms with Gasteiger partial charge in [-0.15, -0.1) is 32.9 Å². The maximum absolute atomic E-state index is 11.9. The summed E-state index contributed by atoms with van der Waals surface area (Å²) in [6.07, 6.45) is 34.3. The SMILES string of the molecule is C=CC.C=CC(CCC(=O)O)CC(=O)O.C=CC(CCC(=O)OC)CC(=O)OC.C=CC1CCC(O)C(O)C1.C=CC1CCC2OC2C1.C=Cc1ccc(C(=O)OC)cc1.CC=Cc1ccc(C(=O)N[C@@H](CCC(=O)O)C(=O)O)cc1.CC=Cc1ccc(C(=O)OC)cc1.Cc1nc2c(c(=O)[nH]1)CCC2.Cc1nc2c(c(=O)[nH]1)CCC2.Cc1nc2c(c(=O)[nH]1)CCC2. The lowest BCUT2D eigenvalue weighted by atomic mass is 9.86. The molecule has 3 fully saturated rings. The molecule has 9 atom stereocenters. The minimum absolute atomic E-state index is 0.00995. The molecule has 10 N–H and O–H groups in total. The van der Waals surface area contributed by atoms with Crippen LogP contribution in [-0.2, 0) is 91.0 Å². The van der Waals surface area contributed by atoms with Gasteiger partial charge in [0.25, 0.3) is 22.6 Å². The highest BCUT2D eigenvalue weighted by molar-refractivity contribution is 5.97. The van der Waals surface area contributed by atoms with Crippen LogP contribution in [0.2, 0.25) is 0 Å². The number of amides is 1. The van der Waals surface area contributed by atoms with E-state index in [-0.39, 0.29) is 84.5 Å². The van der Waals surface area contributed by atoms with Gasteiger partial charge in [0.05, 0.1) is 93.9 Å². The summed E-state index contributed by atoms with van der Waals surface area (Å²) in [5, 5.41) is 54.8. The molecule has 12 rings (SSSR count). The summed E-state index contributed by atoms with van der Waals surface area (Å²) in [4.78, 5) is 152. The quantitative estimate of drug-likeness (QED) is 0.0110. The number of hydrogen-bond acceptors (Lipinski definition) is 22. The number of hydrogen-bond donors (Lipinski definition) is 10. The Hall–Kier alpha value is -12.7. The number of nitrogens with one attached hydrogen (secondary N) is 4. The second-order valence-electron chi connectivity index (χ2n) is 29.9. The van der Waals surface area contributed by atoms with E-state index in [4.69, 9.17) is 30.3 Å². The number of carboxylic acid groups (broad SMARTS) is 4. The minimum Gasteiger partial charge on any atom is -0.481 e. The van der Waals surface area contributed by atoms with Gasteiger partial charge < -0.3 is 74.6 Å². The van der Waals surface area contributed by atoms with E-state index in [1.807, 2.05) is 96.2 Å². The molecule has 0 bridgehead atoms. The lowest BCUT2D eigenvalue weighted by Gasteiger charge is -2.27. The first-order valence-electron chi connectivity index (χ1n) is 42.1. The smallest absolute Gasteiger partial charge is 0.337 e. The molecular formula is C97H129N7O23. The predicted octanol–water partition coefficient (Wildman–Crippen LogP) is 14.2. The van der Waals surface area contributed by atoms with Gasteiger partial charge in [0.2, 0.25) is 0 Å². The van der Waals surface area contributed by atoms with E-state index in [1.54, 1.807) is 66.8 Å². The molecule has 1 aliphatic heterocycles. The second-order valence-corrected chi connectivity index (χ2v) is 29.9. The van der Waals surface area contributed by atoms with Crippen molar-refractivity contribution in [1.29, 1.82) is 0 Å². The Kier molecular flexibility index (Phi) is 53.6. The van der Waals surface area contributed by atoms with Crippen molar-refractivity contribution in [1.82, 2.24) is 35.2 Å². The molecule has 1 saturated heterocycles. The lowest BCUT2D eigenvalue weighted by Crippen LogP contribution is -2.41. The van der Waals surface area contributed by atoms with Gasteiger partial charge in [-0.2, -0.15) is 0 Å². The van der Waals surface area contributed by atoms with Crippen molar-refractivity contribution in [3.63, 3.8) is 0 Å². The summed E-state index contributed by atoms with van der Waals surface area (Å²) < 4.78 is 23.5. The van der Waals surface area contributed by atoms with Crippen LogP contribution in [0.25, 0.3) is 18.2 Å². The number of aliphatic hydroxyl groups excluding tert-OH is 2. The number of aromatic nitrogens is 6. The number of nitrogens with zero attached hydrogens (tertiary/aromatic N) is 3. The van der Waals surface area contributed by atoms with E-state index in [0.717, 1.165) is 138 Å². The topological polar surface area (TPSA) is 474 Å². The zero-order chi connectivity index (χ0) is 95.1. The fourth-order valence-electron chi connectivity index (χ4n) is 13.2. The van der Waals surface area contributed by atoms with Crippen LogP contribution in [0.4, 0.5) is 0 Å². The van der Waals surface area contributed by atoms with Gasteiger partial charge in [0.1, 0.15) is 23.5 Å². The fraction of sp³-hybridized carbons (Fsp3) is 0.433. The Labute approximate surface area is 743 Å². The van der Waals surface area contributed by atoms with E-state index < -0.39 is 48.0 Å². The third-order valence-electron chi connectivity index (χ3n) is 20.2. The molecule has 3 aromatic carbocycles. The molecule has 4 heterocycles. The normalized spacial score (nSPS) is 16.9. The third kappa shape index (κ3) is 44.2. The summed E-state index contributed by atoms with van der Waals surface area (Å²) in [6.45, 7) is 32.6. The Morgan fingerprint density at radius 3 is 1.21 bits per heavy atom. The van der Waals surface area contributed by atoms with Crippen LogP contribution >= 0.6 is 0 Å². The molecule has 3 aromatic heterocycles. The first-order chi connectivity index (χ1) is 60.5. The van der Waals surface area contributed by atoms with E-state index in [0.29, 0.717) is 66.9 Å². The van der Waals surface area contributed by atoms with Crippen molar-refractivity contribution in [2.45, 2.75) is 220 Å². The summed E-state index contributed by atoms with van der Waals surface area (Å²) in [5.74, 6) is -2.84. The number of benzene rings is 3. The number of carboxylic acids is 4. The summed E-state index contributed by atoms with van der Waals surface area (Å²) in [5.41, 5.74) is 10.3. The number of aliphatic carboxylic acids is 4. The number of carbonyl (C=O) groups excluding carboxylic acids is 5. The molecule has 0 radical (unpaired) electrons. The van der Waals surface area contributed by atoms with Gasteiger partial charge in [-0.1, -0.05) is 104 Å². The number of rotatable bonds is 25. The van der Waals surface area contributed by atoms with Crippen LogP contribution in [0.15, 0.2) is 169 Å². The Balaban J connectivity index is 0.000000480. The Bertz CT molecular complexity index is 4630. The highest BCUT2D eigenvalue weighted by Crippen LogP contribution is 2.39. The number of methoxy groups -OCH3 is 4. The number of aromatic amines is 3. The van der Waals surface area contributed by atoms with Crippen molar-refractivity contribution in [2.75, 3.05) is 28.4 Å². The van der Waals surface area contributed by atoms with Crippen molar-refractivity contribution in [2.24, 2.45) is 23.7 Å². The van der Waals surface area contributed by atoms with Crippen LogP contribution in [0, 0.1) is 44.4 Å². The van der Waals surface area contributed by atoms with E-state index >= 15 is 0 Å². The van der Waals surface area contributed by atoms with Gasteiger partial charge in [-0.05, 0) is 234 Å². The van der Waals surface area contributed by atoms with Crippen LogP contribution < -0.4 is 22.0 Å². The third-order valence-corrected chi connectivity index (χ3v) is 20.2. The first-order valence-corrected chi connectivity index (χ1v) is 42.1. The zero-order valence-corrected chi connectivity index (χ0v) is 74.9. The second kappa shape index (κ2) is 61.6. The molecule has 2 saturated carbocycles. The van der Waals surface area contributed by atoms with E-state index in [1.165, 1.54) is 53.8 Å². The molecule has 8 unspecified atom stereocenters. The van der Waals surface area contributed by atoms with Gasteiger partial charge in [-0.25, -0.2) is 29.3 Å². The Morgan fingerprint density at radius 1 is 0.472 bits per heavy atom. The number of aryl methyl sites for hydroxylation is 6. The molecule has 690 valence electrons. The van der Waals surface area contributed by atoms with Gasteiger partial charge in [-0.3, -0.25) is 43.2 Å². The molecule has 30 heteroatoms.